The summed E-state index contributed by atoms with van der Waals surface area (Å²) in [7, 11) is 4.65. The highest BCUT2D eigenvalue weighted by Crippen LogP contribution is 2.38. The summed E-state index contributed by atoms with van der Waals surface area (Å²) in [4.78, 5) is 14.8. The number of nitrogens with one attached hydrogen (secondary N) is 1. The van der Waals surface area contributed by atoms with Gasteiger partial charge in [0.05, 0.1) is 32.7 Å². The van der Waals surface area contributed by atoms with Gasteiger partial charge in [0.15, 0.2) is 11.5 Å². The Hall–Kier alpha value is -2.86. The highest BCUT2D eigenvalue weighted by molar-refractivity contribution is 6.31. The lowest BCUT2D eigenvalue weighted by Gasteiger charge is -2.21. The van der Waals surface area contributed by atoms with Gasteiger partial charge in [-0.25, -0.2) is 0 Å². The van der Waals surface area contributed by atoms with Crippen LogP contribution < -0.4 is 24.4 Å². The Balaban J connectivity index is 1.79. The molecule has 29 heavy (non-hydrogen) atoms. The van der Waals surface area contributed by atoms with Crippen molar-refractivity contribution in [2.45, 2.75) is 12.8 Å². The molecule has 0 radical (unpaired) electrons. The van der Waals surface area contributed by atoms with Crippen LogP contribution in [0.3, 0.4) is 0 Å². The monoisotopic (exact) mass is 416 g/mol. The van der Waals surface area contributed by atoms with Crippen LogP contribution in [0.5, 0.6) is 17.2 Å². The van der Waals surface area contributed by atoms with E-state index in [9.17, 15) is 4.79 Å². The van der Waals surface area contributed by atoms with Crippen LogP contribution in [0.2, 0.25) is 5.02 Å². The molecule has 0 unspecified atom stereocenters. The molecule has 1 amide bonds. The minimum absolute atomic E-state index is 0.249. The van der Waals surface area contributed by atoms with Crippen molar-refractivity contribution in [2.24, 2.45) is 0 Å². The first kappa shape index (κ1) is 20.9. The number of rotatable bonds is 7. The molecule has 6 nitrogen and oxygen atoms in total. The summed E-state index contributed by atoms with van der Waals surface area (Å²) in [5.74, 6) is 1.31. The van der Waals surface area contributed by atoms with Gasteiger partial charge in [0, 0.05) is 24.2 Å². The van der Waals surface area contributed by atoms with E-state index in [-0.39, 0.29) is 5.91 Å². The van der Waals surface area contributed by atoms with E-state index < -0.39 is 0 Å². The molecule has 2 aromatic carbocycles. The minimum atomic E-state index is -0.249. The molecule has 1 heterocycles. The summed E-state index contributed by atoms with van der Waals surface area (Å²) in [6.07, 6.45) is 5.46. The van der Waals surface area contributed by atoms with Crippen LogP contribution in [0.4, 0.5) is 11.4 Å². The number of ether oxygens (including phenoxy) is 3. The summed E-state index contributed by atoms with van der Waals surface area (Å²) < 4.78 is 16.0. The molecule has 1 aliphatic rings. The maximum Gasteiger partial charge on any atom is 0.248 e. The molecule has 0 spiro atoms. The van der Waals surface area contributed by atoms with Crippen molar-refractivity contribution in [1.82, 2.24) is 0 Å². The fraction of sp³-hybridized carbons (Fsp3) is 0.318. The fourth-order valence-electron chi connectivity index (χ4n) is 3.39. The Labute approximate surface area is 176 Å². The third-order valence-electron chi connectivity index (χ3n) is 4.78. The standard InChI is InChI=1S/C22H25ClN2O4/c1-27-19-12-15(13-20(28-2)22(19)29-3)6-9-21(26)24-17-14-16(23)7-8-18(17)25-10-4-5-11-25/h6-9,12-14H,4-5,10-11H2,1-3H3,(H,24,26)/b9-6+. The van der Waals surface area contributed by atoms with Crippen molar-refractivity contribution < 1.29 is 19.0 Å². The maximum absolute atomic E-state index is 12.5. The number of carbonyl (C=O) groups is 1. The van der Waals surface area contributed by atoms with Crippen LogP contribution in [-0.4, -0.2) is 40.3 Å². The fourth-order valence-corrected chi connectivity index (χ4v) is 3.56. The first-order valence-corrected chi connectivity index (χ1v) is 9.77. The van der Waals surface area contributed by atoms with E-state index in [4.69, 9.17) is 25.8 Å². The van der Waals surface area contributed by atoms with Gasteiger partial charge in [0.25, 0.3) is 0 Å². The molecule has 1 saturated heterocycles. The second-order valence-corrected chi connectivity index (χ2v) is 7.07. The largest absolute Gasteiger partial charge is 0.493 e. The zero-order valence-corrected chi connectivity index (χ0v) is 17.6. The number of nitrogens with zero attached hydrogens (tertiary/aromatic N) is 1. The molecule has 2 aromatic rings. The average Bonchev–Trinajstić information content (AvgIpc) is 3.26. The molecule has 0 bridgehead atoms. The molecular formula is C22H25ClN2O4. The Morgan fingerprint density at radius 2 is 1.69 bits per heavy atom. The van der Waals surface area contributed by atoms with E-state index in [0.29, 0.717) is 28.0 Å². The van der Waals surface area contributed by atoms with Crippen LogP contribution in [0.1, 0.15) is 18.4 Å². The Morgan fingerprint density at radius 3 is 2.28 bits per heavy atom. The van der Waals surface area contributed by atoms with Gasteiger partial charge in [-0.2, -0.15) is 0 Å². The minimum Gasteiger partial charge on any atom is -0.493 e. The predicted molar refractivity (Wildman–Crippen MR) is 117 cm³/mol. The molecule has 1 N–H and O–H groups in total. The summed E-state index contributed by atoms with van der Waals surface area (Å²) >= 11 is 6.15. The molecule has 1 aliphatic heterocycles. The van der Waals surface area contributed by atoms with Crippen LogP contribution in [-0.2, 0) is 4.79 Å². The van der Waals surface area contributed by atoms with Crippen molar-refractivity contribution >= 4 is 35.0 Å². The van der Waals surface area contributed by atoms with E-state index in [1.54, 1.807) is 45.6 Å². The molecule has 0 atom stereocenters. The number of hydrogen-bond acceptors (Lipinski definition) is 5. The number of anilines is 2. The number of hydrogen-bond donors (Lipinski definition) is 1. The normalized spacial score (nSPS) is 13.6. The first-order chi connectivity index (χ1) is 14.0. The van der Waals surface area contributed by atoms with Gasteiger partial charge in [0.1, 0.15) is 0 Å². The molecule has 3 rings (SSSR count). The third kappa shape index (κ3) is 4.95. The topological polar surface area (TPSA) is 60.0 Å². The molecule has 1 fully saturated rings. The molecule has 7 heteroatoms. The van der Waals surface area contributed by atoms with Crippen molar-refractivity contribution in [3.8, 4) is 17.2 Å². The highest BCUT2D eigenvalue weighted by Gasteiger charge is 2.17. The Morgan fingerprint density at radius 1 is 1.03 bits per heavy atom. The van der Waals surface area contributed by atoms with Crippen LogP contribution >= 0.6 is 11.6 Å². The van der Waals surface area contributed by atoms with E-state index in [2.05, 4.69) is 10.2 Å². The van der Waals surface area contributed by atoms with E-state index in [1.165, 1.54) is 6.08 Å². The van der Waals surface area contributed by atoms with Crippen LogP contribution in [0.15, 0.2) is 36.4 Å². The summed E-state index contributed by atoms with van der Waals surface area (Å²) in [6.45, 7) is 1.96. The Bertz CT molecular complexity index is 883. The number of carbonyl (C=O) groups excluding carboxylic acids is 1. The smallest absolute Gasteiger partial charge is 0.248 e. The Kier molecular flexibility index (Phi) is 6.88. The second kappa shape index (κ2) is 9.56. The van der Waals surface area contributed by atoms with E-state index in [1.807, 2.05) is 12.1 Å². The van der Waals surface area contributed by atoms with Gasteiger partial charge in [-0.3, -0.25) is 4.79 Å². The van der Waals surface area contributed by atoms with Crippen molar-refractivity contribution in [3.05, 3.63) is 47.0 Å². The lowest BCUT2D eigenvalue weighted by Crippen LogP contribution is -2.20. The maximum atomic E-state index is 12.5. The van der Waals surface area contributed by atoms with Crippen LogP contribution in [0, 0.1) is 0 Å². The summed E-state index contributed by atoms with van der Waals surface area (Å²) in [5, 5.41) is 3.52. The molecule has 0 saturated carbocycles. The number of amides is 1. The predicted octanol–water partition coefficient (Wildman–Crippen LogP) is 4.62. The second-order valence-electron chi connectivity index (χ2n) is 6.64. The van der Waals surface area contributed by atoms with Gasteiger partial charge in [-0.1, -0.05) is 11.6 Å². The number of benzene rings is 2. The van der Waals surface area contributed by atoms with Gasteiger partial charge in [-0.15, -0.1) is 0 Å². The quantitative estimate of drug-likeness (QED) is 0.667. The van der Waals surface area contributed by atoms with Crippen LogP contribution in [0.25, 0.3) is 6.08 Å². The number of methoxy groups -OCH3 is 3. The molecule has 0 aromatic heterocycles. The van der Waals surface area contributed by atoms with Gasteiger partial charge in [0.2, 0.25) is 11.7 Å². The SMILES string of the molecule is COc1cc(/C=C/C(=O)Nc2cc(Cl)ccc2N2CCCC2)cc(OC)c1OC. The van der Waals surface area contributed by atoms with E-state index in [0.717, 1.165) is 37.2 Å². The molecule has 0 aliphatic carbocycles. The molecule has 154 valence electrons. The molecular weight excluding hydrogens is 392 g/mol. The number of halogens is 1. The van der Waals surface area contributed by atoms with E-state index >= 15 is 0 Å². The summed E-state index contributed by atoms with van der Waals surface area (Å²) in [6, 6.07) is 9.13. The average molecular weight is 417 g/mol. The zero-order valence-electron chi connectivity index (χ0n) is 16.8. The lowest BCUT2D eigenvalue weighted by molar-refractivity contribution is -0.111. The summed E-state index contributed by atoms with van der Waals surface area (Å²) in [5.41, 5.74) is 2.45. The van der Waals surface area contributed by atoms with Crippen molar-refractivity contribution in [1.29, 1.82) is 0 Å². The van der Waals surface area contributed by atoms with Gasteiger partial charge < -0.3 is 24.4 Å². The third-order valence-corrected chi connectivity index (χ3v) is 5.01. The zero-order chi connectivity index (χ0) is 20.8. The lowest BCUT2D eigenvalue weighted by atomic mass is 10.1. The van der Waals surface area contributed by atoms with Crippen molar-refractivity contribution in [3.63, 3.8) is 0 Å². The van der Waals surface area contributed by atoms with Crippen molar-refractivity contribution in [2.75, 3.05) is 44.6 Å². The highest BCUT2D eigenvalue weighted by atomic mass is 35.5. The van der Waals surface area contributed by atoms with Gasteiger partial charge >= 0.3 is 0 Å². The van der Waals surface area contributed by atoms with Gasteiger partial charge in [-0.05, 0) is 54.8 Å². The first-order valence-electron chi connectivity index (χ1n) is 9.39.